The summed E-state index contributed by atoms with van der Waals surface area (Å²) in [7, 11) is 0. The largest absolute Gasteiger partial charge is 0.448 e. The minimum absolute atomic E-state index is 0.102. The van der Waals surface area contributed by atoms with Crippen LogP contribution in [-0.2, 0) is 9.53 Å². The van der Waals surface area contributed by atoms with Gasteiger partial charge in [0, 0.05) is 13.0 Å². The second-order valence-corrected chi connectivity index (χ2v) is 2.55. The Kier molecular flexibility index (Phi) is 2.46. The molecule has 0 atom stereocenters. The lowest BCUT2D eigenvalue weighted by Gasteiger charge is -2.09. The van der Waals surface area contributed by atoms with E-state index in [-0.39, 0.29) is 11.9 Å². The average molecular weight is 157 g/mol. The Balaban J connectivity index is 2.26. The molecule has 0 aromatic rings. The van der Waals surface area contributed by atoms with Gasteiger partial charge in [-0.15, -0.1) is 0 Å². The summed E-state index contributed by atoms with van der Waals surface area (Å²) in [4.78, 5) is 22.9. The molecule has 1 rings (SSSR count). The molecule has 0 aromatic heterocycles. The fraction of sp³-hybridized carbons (Fsp3) is 0.714. The molecule has 0 spiro atoms. The summed E-state index contributed by atoms with van der Waals surface area (Å²) in [6.45, 7) is 3.08. The number of amides is 1. The van der Waals surface area contributed by atoms with Crippen LogP contribution in [0.2, 0.25) is 0 Å². The van der Waals surface area contributed by atoms with Crippen LogP contribution in [0.3, 0.4) is 0 Å². The molecular formula is C7H11NO3. The zero-order valence-electron chi connectivity index (χ0n) is 6.50. The summed E-state index contributed by atoms with van der Waals surface area (Å²) < 4.78 is 4.67. The predicted molar refractivity (Wildman–Crippen MR) is 38.2 cm³/mol. The minimum atomic E-state index is -0.300. The van der Waals surface area contributed by atoms with Gasteiger partial charge in [-0.25, -0.2) is 4.79 Å². The van der Waals surface area contributed by atoms with E-state index in [9.17, 15) is 9.59 Å². The number of nitrogens with zero attached hydrogens (tertiary/aromatic N) is 1. The Morgan fingerprint density at radius 2 is 2.45 bits per heavy atom. The smallest absolute Gasteiger partial charge is 0.409 e. The standard InChI is InChI=1S/C7H11NO3/c1-6(9)2-3-8-4-5-11-7(8)10/h2-5H2,1H3. The summed E-state index contributed by atoms with van der Waals surface area (Å²) in [6.07, 6.45) is 0.126. The molecule has 0 bridgehead atoms. The van der Waals surface area contributed by atoms with Gasteiger partial charge >= 0.3 is 6.09 Å². The Morgan fingerprint density at radius 1 is 1.73 bits per heavy atom. The highest BCUT2D eigenvalue weighted by atomic mass is 16.6. The van der Waals surface area contributed by atoms with Crippen LogP contribution in [0, 0.1) is 0 Å². The molecule has 4 nitrogen and oxygen atoms in total. The first kappa shape index (κ1) is 8.04. The summed E-state index contributed by atoms with van der Waals surface area (Å²) >= 11 is 0. The Hall–Kier alpha value is -1.06. The quantitative estimate of drug-likeness (QED) is 0.596. The minimum Gasteiger partial charge on any atom is -0.448 e. The van der Waals surface area contributed by atoms with Crippen molar-refractivity contribution in [3.8, 4) is 0 Å². The molecular weight excluding hydrogens is 146 g/mol. The van der Waals surface area contributed by atoms with Crippen LogP contribution in [0.1, 0.15) is 13.3 Å². The number of carbonyl (C=O) groups is 2. The van der Waals surface area contributed by atoms with Crippen molar-refractivity contribution in [2.45, 2.75) is 13.3 Å². The summed E-state index contributed by atoms with van der Waals surface area (Å²) in [5.41, 5.74) is 0. The van der Waals surface area contributed by atoms with Gasteiger partial charge in [-0.3, -0.25) is 4.79 Å². The van der Waals surface area contributed by atoms with Gasteiger partial charge in [0.25, 0.3) is 0 Å². The molecule has 0 aliphatic carbocycles. The first-order valence-electron chi connectivity index (χ1n) is 3.61. The number of hydrogen-bond acceptors (Lipinski definition) is 3. The maximum atomic E-state index is 10.8. The second kappa shape index (κ2) is 3.37. The normalized spacial score (nSPS) is 16.8. The van der Waals surface area contributed by atoms with Crippen LogP contribution in [0.5, 0.6) is 0 Å². The predicted octanol–water partition coefficient (Wildman–Crippen LogP) is 0.418. The van der Waals surface area contributed by atoms with E-state index in [1.54, 1.807) is 4.90 Å². The molecule has 1 aliphatic heterocycles. The molecule has 1 fully saturated rings. The van der Waals surface area contributed by atoms with Gasteiger partial charge in [0.15, 0.2) is 0 Å². The van der Waals surface area contributed by atoms with Crippen molar-refractivity contribution < 1.29 is 14.3 Å². The van der Waals surface area contributed by atoms with Crippen LogP contribution in [0.15, 0.2) is 0 Å². The number of ether oxygens (including phenoxy) is 1. The van der Waals surface area contributed by atoms with Crippen LogP contribution in [0.25, 0.3) is 0 Å². The first-order chi connectivity index (χ1) is 5.20. The molecule has 0 unspecified atom stereocenters. The van der Waals surface area contributed by atoms with Crippen molar-refractivity contribution in [1.29, 1.82) is 0 Å². The van der Waals surface area contributed by atoms with E-state index in [1.807, 2.05) is 0 Å². The van der Waals surface area contributed by atoms with Gasteiger partial charge in [-0.2, -0.15) is 0 Å². The van der Waals surface area contributed by atoms with Crippen LogP contribution >= 0.6 is 0 Å². The van der Waals surface area contributed by atoms with E-state index in [0.29, 0.717) is 26.1 Å². The third-order valence-corrected chi connectivity index (χ3v) is 1.58. The topological polar surface area (TPSA) is 46.6 Å². The van der Waals surface area contributed by atoms with Gasteiger partial charge < -0.3 is 9.64 Å². The van der Waals surface area contributed by atoms with E-state index >= 15 is 0 Å². The molecule has 4 heteroatoms. The number of carbonyl (C=O) groups excluding carboxylic acids is 2. The lowest BCUT2D eigenvalue weighted by Crippen LogP contribution is -2.26. The Morgan fingerprint density at radius 3 is 2.91 bits per heavy atom. The monoisotopic (exact) mass is 157 g/mol. The molecule has 0 aromatic carbocycles. The number of cyclic esters (lactones) is 1. The number of Topliss-reactive ketones (excluding diaryl/α,β-unsaturated/α-hetero) is 1. The number of rotatable bonds is 3. The van der Waals surface area contributed by atoms with E-state index in [2.05, 4.69) is 4.74 Å². The van der Waals surface area contributed by atoms with Crippen molar-refractivity contribution in [2.75, 3.05) is 19.7 Å². The van der Waals surface area contributed by atoms with Gasteiger partial charge in [-0.05, 0) is 6.92 Å². The fourth-order valence-corrected chi connectivity index (χ4v) is 0.921. The fourth-order valence-electron chi connectivity index (χ4n) is 0.921. The van der Waals surface area contributed by atoms with Gasteiger partial charge in [0.2, 0.25) is 0 Å². The average Bonchev–Trinajstić information content (AvgIpc) is 2.31. The second-order valence-electron chi connectivity index (χ2n) is 2.55. The third-order valence-electron chi connectivity index (χ3n) is 1.58. The number of ketones is 1. The lowest BCUT2D eigenvalue weighted by molar-refractivity contribution is -0.117. The van der Waals surface area contributed by atoms with E-state index in [0.717, 1.165) is 0 Å². The van der Waals surface area contributed by atoms with Gasteiger partial charge in [0.1, 0.15) is 12.4 Å². The van der Waals surface area contributed by atoms with Gasteiger partial charge in [-0.1, -0.05) is 0 Å². The molecule has 11 heavy (non-hydrogen) atoms. The molecule has 1 amide bonds. The van der Waals surface area contributed by atoms with Crippen LogP contribution in [-0.4, -0.2) is 36.5 Å². The maximum Gasteiger partial charge on any atom is 0.409 e. The first-order valence-corrected chi connectivity index (χ1v) is 3.61. The summed E-state index contributed by atoms with van der Waals surface area (Å²) in [5, 5.41) is 0. The Labute approximate surface area is 65.1 Å². The molecule has 0 saturated carbocycles. The summed E-state index contributed by atoms with van der Waals surface area (Å²) in [5.74, 6) is 0.102. The van der Waals surface area contributed by atoms with E-state index in [4.69, 9.17) is 0 Å². The highest BCUT2D eigenvalue weighted by Crippen LogP contribution is 2.03. The molecule has 0 N–H and O–H groups in total. The molecule has 1 heterocycles. The van der Waals surface area contributed by atoms with Gasteiger partial charge in [0.05, 0.1) is 6.54 Å². The van der Waals surface area contributed by atoms with Crippen molar-refractivity contribution in [2.24, 2.45) is 0 Å². The highest BCUT2D eigenvalue weighted by molar-refractivity contribution is 5.76. The van der Waals surface area contributed by atoms with Crippen LogP contribution in [0.4, 0.5) is 4.79 Å². The molecule has 62 valence electrons. The Bertz CT molecular complexity index is 179. The van der Waals surface area contributed by atoms with Crippen molar-refractivity contribution in [1.82, 2.24) is 4.90 Å². The van der Waals surface area contributed by atoms with E-state index < -0.39 is 0 Å². The number of hydrogen-bond donors (Lipinski definition) is 0. The third kappa shape index (κ3) is 2.22. The zero-order valence-corrected chi connectivity index (χ0v) is 6.50. The zero-order chi connectivity index (χ0) is 8.27. The summed E-state index contributed by atoms with van der Waals surface area (Å²) in [6, 6.07) is 0. The highest BCUT2D eigenvalue weighted by Gasteiger charge is 2.21. The lowest BCUT2D eigenvalue weighted by atomic mass is 10.3. The molecule has 0 radical (unpaired) electrons. The molecule has 1 aliphatic rings. The van der Waals surface area contributed by atoms with E-state index in [1.165, 1.54) is 6.92 Å². The van der Waals surface area contributed by atoms with Crippen LogP contribution < -0.4 is 0 Å². The van der Waals surface area contributed by atoms with Crippen molar-refractivity contribution in [3.05, 3.63) is 0 Å². The van der Waals surface area contributed by atoms with Crippen molar-refractivity contribution >= 4 is 11.9 Å². The maximum absolute atomic E-state index is 10.8. The van der Waals surface area contributed by atoms with Crippen molar-refractivity contribution in [3.63, 3.8) is 0 Å². The molecule has 1 saturated heterocycles. The SMILES string of the molecule is CC(=O)CCN1CCOC1=O.